The number of hydrogen-bond donors (Lipinski definition) is 0. The summed E-state index contributed by atoms with van der Waals surface area (Å²) in [5.41, 5.74) is 3.74. The van der Waals surface area contributed by atoms with Gasteiger partial charge in [0.05, 0.1) is 5.69 Å². The highest BCUT2D eigenvalue weighted by atomic mass is 16.1. The lowest BCUT2D eigenvalue weighted by molar-refractivity contribution is 1.00. The SMILES string of the molecule is O=c1c(-c2ccccc2)nc(-c2ccccc2)cn1C#CCc1ccccc1. The second kappa shape index (κ2) is 8.20. The molecule has 1 heterocycles. The monoisotopic (exact) mass is 362 g/mol. The Morgan fingerprint density at radius 3 is 1.96 bits per heavy atom. The lowest BCUT2D eigenvalue weighted by atomic mass is 10.1. The number of benzene rings is 3. The van der Waals surface area contributed by atoms with Crippen LogP contribution in [0.15, 0.2) is 102 Å². The van der Waals surface area contributed by atoms with Crippen LogP contribution < -0.4 is 5.56 Å². The van der Waals surface area contributed by atoms with E-state index in [-0.39, 0.29) is 5.56 Å². The van der Waals surface area contributed by atoms with Gasteiger partial charge in [0.1, 0.15) is 5.69 Å². The number of aromatic nitrogens is 2. The third kappa shape index (κ3) is 3.92. The molecule has 3 aromatic carbocycles. The average Bonchev–Trinajstić information content (AvgIpc) is 2.77. The average molecular weight is 362 g/mol. The van der Waals surface area contributed by atoms with Crippen molar-refractivity contribution in [1.82, 2.24) is 9.55 Å². The van der Waals surface area contributed by atoms with Gasteiger partial charge in [-0.3, -0.25) is 4.79 Å². The quantitative estimate of drug-likeness (QED) is 0.498. The number of rotatable bonds is 3. The maximum Gasteiger partial charge on any atom is 0.288 e. The summed E-state index contributed by atoms with van der Waals surface area (Å²) in [4.78, 5) is 17.6. The Hall–Kier alpha value is -3.90. The summed E-state index contributed by atoms with van der Waals surface area (Å²) >= 11 is 0. The first-order valence-electron chi connectivity index (χ1n) is 9.08. The summed E-state index contributed by atoms with van der Waals surface area (Å²) in [6, 6.07) is 32.3. The van der Waals surface area contributed by atoms with E-state index in [4.69, 9.17) is 0 Å². The first-order chi connectivity index (χ1) is 13.8. The Kier molecular flexibility index (Phi) is 5.13. The van der Waals surface area contributed by atoms with E-state index in [9.17, 15) is 4.79 Å². The van der Waals surface area contributed by atoms with Crippen LogP contribution in [0.2, 0.25) is 0 Å². The topological polar surface area (TPSA) is 34.9 Å². The Morgan fingerprint density at radius 2 is 1.32 bits per heavy atom. The van der Waals surface area contributed by atoms with Crippen LogP contribution in [0, 0.1) is 12.0 Å². The molecule has 0 bridgehead atoms. The summed E-state index contributed by atoms with van der Waals surface area (Å²) in [7, 11) is 0. The smallest absolute Gasteiger partial charge is 0.266 e. The predicted octanol–water partition coefficient (Wildman–Crippen LogP) is 4.63. The summed E-state index contributed by atoms with van der Waals surface area (Å²) in [5, 5.41) is 0. The van der Waals surface area contributed by atoms with Crippen molar-refractivity contribution in [1.29, 1.82) is 0 Å². The molecule has 0 amide bonds. The Morgan fingerprint density at radius 1 is 0.750 bits per heavy atom. The molecule has 0 spiro atoms. The fourth-order valence-electron chi connectivity index (χ4n) is 2.93. The van der Waals surface area contributed by atoms with Gasteiger partial charge >= 0.3 is 0 Å². The van der Waals surface area contributed by atoms with Gasteiger partial charge in [0.25, 0.3) is 5.56 Å². The summed E-state index contributed by atoms with van der Waals surface area (Å²) in [5.74, 6) is 3.10. The van der Waals surface area contributed by atoms with Crippen molar-refractivity contribution in [3.63, 3.8) is 0 Å². The molecule has 28 heavy (non-hydrogen) atoms. The molecule has 0 atom stereocenters. The molecule has 4 rings (SSSR count). The first kappa shape index (κ1) is 17.5. The third-order valence-corrected chi connectivity index (χ3v) is 4.36. The fraction of sp³-hybridized carbons (Fsp3) is 0.0400. The van der Waals surface area contributed by atoms with Crippen LogP contribution in [0.1, 0.15) is 5.56 Å². The van der Waals surface area contributed by atoms with Crippen molar-refractivity contribution in [3.05, 3.63) is 113 Å². The normalized spacial score (nSPS) is 10.1. The van der Waals surface area contributed by atoms with E-state index in [2.05, 4.69) is 16.9 Å². The van der Waals surface area contributed by atoms with Crippen molar-refractivity contribution in [2.45, 2.75) is 6.42 Å². The van der Waals surface area contributed by atoms with E-state index in [1.54, 1.807) is 6.20 Å². The molecule has 134 valence electrons. The molecular formula is C25H18N2O. The molecule has 0 aliphatic heterocycles. The minimum atomic E-state index is -0.216. The zero-order chi connectivity index (χ0) is 19.2. The second-order valence-corrected chi connectivity index (χ2v) is 6.33. The highest BCUT2D eigenvalue weighted by Gasteiger charge is 2.11. The van der Waals surface area contributed by atoms with Gasteiger partial charge < -0.3 is 0 Å². The van der Waals surface area contributed by atoms with E-state index >= 15 is 0 Å². The van der Waals surface area contributed by atoms with Gasteiger partial charge in [0.15, 0.2) is 0 Å². The molecule has 4 aromatic rings. The largest absolute Gasteiger partial charge is 0.288 e. The van der Waals surface area contributed by atoms with Gasteiger partial charge in [0, 0.05) is 29.8 Å². The van der Waals surface area contributed by atoms with E-state index in [0.29, 0.717) is 17.8 Å². The van der Waals surface area contributed by atoms with Gasteiger partial charge in [-0.15, -0.1) is 0 Å². The zero-order valence-corrected chi connectivity index (χ0v) is 15.2. The minimum absolute atomic E-state index is 0.216. The molecule has 0 fully saturated rings. The lowest BCUT2D eigenvalue weighted by Crippen LogP contribution is -2.20. The van der Waals surface area contributed by atoms with Crippen LogP contribution >= 0.6 is 0 Å². The van der Waals surface area contributed by atoms with Crippen molar-refractivity contribution in [2.24, 2.45) is 0 Å². The van der Waals surface area contributed by atoms with E-state index in [1.165, 1.54) is 4.57 Å². The summed E-state index contributed by atoms with van der Waals surface area (Å²) < 4.78 is 1.45. The Bertz CT molecular complexity index is 1190. The highest BCUT2D eigenvalue weighted by Crippen LogP contribution is 2.19. The molecule has 0 N–H and O–H groups in total. The van der Waals surface area contributed by atoms with Gasteiger partial charge in [-0.25, -0.2) is 9.55 Å². The Labute approximate surface area is 164 Å². The molecule has 0 aliphatic carbocycles. The molecular weight excluding hydrogens is 344 g/mol. The fourth-order valence-corrected chi connectivity index (χ4v) is 2.93. The molecule has 3 heteroatoms. The Balaban J connectivity index is 1.80. The van der Waals surface area contributed by atoms with E-state index in [1.807, 2.05) is 91.0 Å². The summed E-state index contributed by atoms with van der Waals surface area (Å²) in [6.45, 7) is 0. The van der Waals surface area contributed by atoms with Crippen LogP contribution in [-0.4, -0.2) is 9.55 Å². The maximum atomic E-state index is 13.0. The van der Waals surface area contributed by atoms with Crippen molar-refractivity contribution in [3.8, 4) is 34.5 Å². The van der Waals surface area contributed by atoms with Crippen LogP contribution in [-0.2, 0) is 6.42 Å². The van der Waals surface area contributed by atoms with Crippen molar-refractivity contribution in [2.75, 3.05) is 0 Å². The third-order valence-electron chi connectivity index (χ3n) is 4.36. The molecule has 0 aliphatic rings. The highest BCUT2D eigenvalue weighted by molar-refractivity contribution is 5.65. The first-order valence-corrected chi connectivity index (χ1v) is 9.08. The van der Waals surface area contributed by atoms with E-state index in [0.717, 1.165) is 16.7 Å². The molecule has 0 unspecified atom stereocenters. The predicted molar refractivity (Wildman–Crippen MR) is 113 cm³/mol. The van der Waals surface area contributed by atoms with E-state index < -0.39 is 0 Å². The van der Waals surface area contributed by atoms with Gasteiger partial charge in [-0.1, -0.05) is 96.9 Å². The van der Waals surface area contributed by atoms with Crippen LogP contribution in [0.4, 0.5) is 0 Å². The minimum Gasteiger partial charge on any atom is -0.266 e. The van der Waals surface area contributed by atoms with Crippen LogP contribution in [0.3, 0.4) is 0 Å². The van der Waals surface area contributed by atoms with Crippen molar-refractivity contribution >= 4 is 0 Å². The van der Waals surface area contributed by atoms with Crippen LogP contribution in [0.25, 0.3) is 22.5 Å². The van der Waals surface area contributed by atoms with Gasteiger partial charge in [-0.2, -0.15) is 0 Å². The second-order valence-electron chi connectivity index (χ2n) is 6.33. The molecule has 0 saturated carbocycles. The van der Waals surface area contributed by atoms with Crippen LogP contribution in [0.5, 0.6) is 0 Å². The van der Waals surface area contributed by atoms with Crippen molar-refractivity contribution < 1.29 is 0 Å². The standard InChI is InChI=1S/C25H18N2O/c28-25-24(22-16-8-3-9-17-22)26-23(21-14-6-2-7-15-21)19-27(25)18-10-13-20-11-4-1-5-12-20/h1-9,11-12,14-17,19H,13H2. The molecule has 1 aromatic heterocycles. The van der Waals surface area contributed by atoms with Gasteiger partial charge in [-0.05, 0) is 5.56 Å². The van der Waals surface area contributed by atoms with Gasteiger partial charge in [0.2, 0.25) is 0 Å². The lowest BCUT2D eigenvalue weighted by Gasteiger charge is -2.07. The number of nitrogens with zero attached hydrogens (tertiary/aromatic N) is 2. The molecule has 0 saturated heterocycles. The zero-order valence-electron chi connectivity index (χ0n) is 15.2. The molecule has 3 nitrogen and oxygen atoms in total. The number of hydrogen-bond acceptors (Lipinski definition) is 2. The molecule has 0 radical (unpaired) electrons. The maximum absolute atomic E-state index is 13.0. The summed E-state index contributed by atoms with van der Waals surface area (Å²) in [6.07, 6.45) is 2.29.